The van der Waals surface area contributed by atoms with Gasteiger partial charge in [0.25, 0.3) is 0 Å². The number of likely N-dealkylation sites (N-methyl/N-ethyl adjacent to an activating group) is 2. The fourth-order valence-electron chi connectivity index (χ4n) is 3.71. The van der Waals surface area contributed by atoms with Crippen LogP contribution in [0.25, 0.3) is 0 Å². The second-order valence-corrected chi connectivity index (χ2v) is 8.55. The Morgan fingerprint density at radius 1 is 0.788 bits per heavy atom. The second-order valence-electron chi connectivity index (χ2n) is 8.55. The summed E-state index contributed by atoms with van der Waals surface area (Å²) in [5.74, 6) is -3.01. The van der Waals surface area contributed by atoms with E-state index in [1.54, 1.807) is 40.8 Å². The van der Waals surface area contributed by atoms with E-state index in [4.69, 9.17) is 4.74 Å². The van der Waals surface area contributed by atoms with Gasteiger partial charge in [-0.25, -0.2) is 9.28 Å². The molecular weight excluding hydrogens is 438 g/mol. The van der Waals surface area contributed by atoms with Crippen LogP contribution in [0.15, 0.2) is 0 Å². The quantitative estimate of drug-likeness (QED) is 0.327. The molecule has 2 amide bonds. The van der Waals surface area contributed by atoms with Gasteiger partial charge in [0.2, 0.25) is 0 Å². The Bertz CT molecular complexity index is 645. The van der Waals surface area contributed by atoms with Crippen molar-refractivity contribution in [2.24, 2.45) is 0 Å². The number of ether oxygens (including phenoxy) is 1. The lowest BCUT2D eigenvalue weighted by Crippen LogP contribution is -2.61. The summed E-state index contributed by atoms with van der Waals surface area (Å²) in [5, 5.41) is 27.8. The number of aliphatic carboxylic acids is 3. The van der Waals surface area contributed by atoms with Crippen molar-refractivity contribution in [1.29, 1.82) is 0 Å². The van der Waals surface area contributed by atoms with Gasteiger partial charge in [-0.1, -0.05) is 0 Å². The third-order valence-electron chi connectivity index (χ3n) is 5.78. The maximum atomic E-state index is 13.3. The molecule has 0 unspecified atom stereocenters. The number of amides is 2. The third kappa shape index (κ3) is 10.9. The van der Waals surface area contributed by atoms with Crippen LogP contribution in [0.3, 0.4) is 0 Å². The van der Waals surface area contributed by atoms with Gasteiger partial charge in [-0.3, -0.25) is 34.0 Å². The largest absolute Gasteiger partial charge is 0.480 e. The summed E-state index contributed by atoms with van der Waals surface area (Å²) in [6.45, 7) is 2.61. The molecule has 190 valence electrons. The molecule has 0 spiro atoms. The van der Waals surface area contributed by atoms with Crippen LogP contribution in [0.4, 0.5) is 4.79 Å². The van der Waals surface area contributed by atoms with Gasteiger partial charge in [0.1, 0.15) is 0 Å². The summed E-state index contributed by atoms with van der Waals surface area (Å²) in [5.41, 5.74) is 0. The van der Waals surface area contributed by atoms with Crippen LogP contribution < -0.4 is 0 Å². The van der Waals surface area contributed by atoms with E-state index in [0.29, 0.717) is 65.5 Å². The van der Waals surface area contributed by atoms with Crippen molar-refractivity contribution in [3.05, 3.63) is 0 Å². The summed E-state index contributed by atoms with van der Waals surface area (Å²) >= 11 is 0. The number of rotatable bonds is 9. The van der Waals surface area contributed by atoms with Gasteiger partial charge in [0.05, 0.1) is 46.4 Å². The normalized spacial score (nSPS) is 19.2. The molecule has 0 bridgehead atoms. The fraction of sp³-hybridized carbons (Fsp3) is 0.800. The van der Waals surface area contributed by atoms with Gasteiger partial charge in [0, 0.05) is 60.0 Å². The molecule has 1 saturated heterocycles. The smallest absolute Gasteiger partial charge is 0.418 e. The average molecular weight is 477 g/mol. The zero-order valence-electron chi connectivity index (χ0n) is 19.8. The third-order valence-corrected chi connectivity index (χ3v) is 5.78. The maximum absolute atomic E-state index is 13.3. The first kappa shape index (κ1) is 28.7. The Morgan fingerprint density at radius 3 is 1.48 bits per heavy atom. The zero-order chi connectivity index (χ0) is 25.0. The van der Waals surface area contributed by atoms with Crippen molar-refractivity contribution < 1.29 is 43.7 Å². The first-order valence-corrected chi connectivity index (χ1v) is 10.9. The van der Waals surface area contributed by atoms with Crippen molar-refractivity contribution in [1.82, 2.24) is 19.6 Å². The number of quaternary nitrogens is 1. The molecule has 1 aliphatic rings. The van der Waals surface area contributed by atoms with E-state index < -0.39 is 17.9 Å². The minimum atomic E-state index is -1.01. The Morgan fingerprint density at radius 2 is 1.15 bits per heavy atom. The lowest BCUT2D eigenvalue weighted by molar-refractivity contribution is -0.832. The van der Waals surface area contributed by atoms with Gasteiger partial charge in [0.15, 0.2) is 0 Å². The Kier molecular flexibility index (Phi) is 12.2. The van der Waals surface area contributed by atoms with Gasteiger partial charge in [-0.05, 0) is 0 Å². The first-order valence-electron chi connectivity index (χ1n) is 10.9. The van der Waals surface area contributed by atoms with E-state index in [2.05, 4.69) is 0 Å². The summed E-state index contributed by atoms with van der Waals surface area (Å²) in [4.78, 5) is 53.9. The lowest BCUT2D eigenvalue weighted by Gasteiger charge is -2.38. The molecule has 3 N–H and O–H groups in total. The van der Waals surface area contributed by atoms with Crippen LogP contribution in [0.2, 0.25) is 0 Å². The number of carboxylic acid groups (broad SMARTS) is 3. The zero-order valence-corrected chi connectivity index (χ0v) is 19.8. The summed E-state index contributed by atoms with van der Waals surface area (Å²) in [6, 6.07) is -0.165. The van der Waals surface area contributed by atoms with E-state index >= 15 is 0 Å². The van der Waals surface area contributed by atoms with Crippen molar-refractivity contribution in [3.8, 4) is 0 Å². The standard InChI is InChI=1S/C20H37N5O8/c1-21(10-13-33-3)20(32)25(2)11-8-23(15-18(28)29)6-4-22(14-17(26)27)5-7-24(9-12-25)16-19(30)31/h4-16H2,1-3H3,(H2-,26,27,28,29,30,31)/p+1. The highest BCUT2D eigenvalue weighted by Crippen LogP contribution is 2.11. The van der Waals surface area contributed by atoms with Crippen LogP contribution in [0, 0.1) is 0 Å². The number of carbonyl (C=O) groups excluding carboxylic acids is 1. The Labute approximate surface area is 194 Å². The number of carbonyl (C=O) groups is 4. The molecule has 1 fully saturated rings. The van der Waals surface area contributed by atoms with E-state index in [0.717, 1.165) is 0 Å². The highest BCUT2D eigenvalue weighted by Gasteiger charge is 2.36. The van der Waals surface area contributed by atoms with E-state index in [-0.39, 0.29) is 30.1 Å². The molecule has 13 nitrogen and oxygen atoms in total. The molecule has 0 aliphatic carbocycles. The lowest BCUT2D eigenvalue weighted by atomic mass is 10.3. The maximum Gasteiger partial charge on any atom is 0.418 e. The van der Waals surface area contributed by atoms with Gasteiger partial charge < -0.3 is 20.1 Å². The molecule has 0 atom stereocenters. The van der Waals surface area contributed by atoms with Gasteiger partial charge in [-0.15, -0.1) is 0 Å². The van der Waals surface area contributed by atoms with E-state index in [9.17, 15) is 34.5 Å². The van der Waals surface area contributed by atoms with Gasteiger partial charge >= 0.3 is 23.9 Å². The molecule has 0 aromatic heterocycles. The number of carboxylic acids is 3. The van der Waals surface area contributed by atoms with Crippen molar-refractivity contribution in [2.45, 2.75) is 0 Å². The van der Waals surface area contributed by atoms with Crippen LogP contribution in [0.5, 0.6) is 0 Å². The minimum absolute atomic E-state index is 0.0225. The number of methoxy groups -OCH3 is 1. The molecule has 13 heteroatoms. The second kappa shape index (κ2) is 14.1. The number of nitrogens with zero attached hydrogens (tertiary/aromatic N) is 5. The summed E-state index contributed by atoms with van der Waals surface area (Å²) in [6.07, 6.45) is 0. The van der Waals surface area contributed by atoms with E-state index in [1.165, 1.54) is 0 Å². The van der Waals surface area contributed by atoms with E-state index in [1.807, 2.05) is 0 Å². The van der Waals surface area contributed by atoms with Crippen LogP contribution in [0.1, 0.15) is 0 Å². The van der Waals surface area contributed by atoms with Crippen molar-refractivity contribution in [2.75, 3.05) is 106 Å². The van der Waals surface area contributed by atoms with Gasteiger partial charge in [-0.2, -0.15) is 0 Å². The number of hydrogen-bond donors (Lipinski definition) is 3. The molecule has 1 aliphatic heterocycles. The van der Waals surface area contributed by atoms with Crippen LogP contribution in [-0.2, 0) is 19.1 Å². The molecular formula is C20H38N5O8+. The summed E-state index contributed by atoms with van der Waals surface area (Å²) in [7, 11) is 4.99. The molecule has 0 saturated carbocycles. The SMILES string of the molecule is COCCN(C)C(=O)[N+]1(C)CCN(CC(=O)O)CCN(CC(=O)O)CCN(CC(=O)O)CC1. The van der Waals surface area contributed by atoms with Crippen LogP contribution in [-0.4, -0.2) is 170 Å². The molecule has 0 radical (unpaired) electrons. The van der Waals surface area contributed by atoms with Crippen molar-refractivity contribution >= 4 is 23.9 Å². The summed E-state index contributed by atoms with van der Waals surface area (Å²) < 4.78 is 5.04. The molecule has 1 heterocycles. The number of hydrogen-bond acceptors (Lipinski definition) is 8. The predicted molar refractivity (Wildman–Crippen MR) is 118 cm³/mol. The monoisotopic (exact) mass is 476 g/mol. The average Bonchev–Trinajstić information content (AvgIpc) is 2.72. The highest BCUT2D eigenvalue weighted by atomic mass is 16.5. The van der Waals surface area contributed by atoms with Crippen LogP contribution >= 0.6 is 0 Å². The molecule has 33 heavy (non-hydrogen) atoms. The molecule has 0 aromatic carbocycles. The fourth-order valence-corrected chi connectivity index (χ4v) is 3.71. The Hall–Kier alpha value is -2.32. The Balaban J connectivity index is 3.13. The van der Waals surface area contributed by atoms with Crippen molar-refractivity contribution in [3.63, 3.8) is 0 Å². The minimum Gasteiger partial charge on any atom is -0.480 e. The molecule has 0 aromatic rings. The predicted octanol–water partition coefficient (Wildman–Crippen LogP) is -1.70. The first-order chi connectivity index (χ1) is 15.5. The molecule has 1 rings (SSSR count). The topological polar surface area (TPSA) is 151 Å². The number of urea groups is 1. The highest BCUT2D eigenvalue weighted by molar-refractivity contribution is 5.70.